The maximum Gasteiger partial charge on any atom is 0.345 e. The second kappa shape index (κ2) is 5.88. The van der Waals surface area contributed by atoms with Gasteiger partial charge in [-0.3, -0.25) is 4.57 Å². The Balaban J connectivity index is 1.74. The Kier molecular flexibility index (Phi) is 3.95. The molecule has 0 bridgehead atoms. The molecule has 0 aliphatic heterocycles. The van der Waals surface area contributed by atoms with Gasteiger partial charge in [-0.1, -0.05) is 43.5 Å². The van der Waals surface area contributed by atoms with Gasteiger partial charge >= 0.3 is 5.69 Å². The molecule has 1 aromatic carbocycles. The van der Waals surface area contributed by atoms with Gasteiger partial charge in [-0.25, -0.2) is 9.48 Å². The van der Waals surface area contributed by atoms with Gasteiger partial charge in [0.25, 0.3) is 0 Å². The minimum Gasteiger partial charge on any atom is -0.282 e. The zero-order chi connectivity index (χ0) is 14.8. The molecule has 0 atom stereocenters. The van der Waals surface area contributed by atoms with Crippen LogP contribution in [0.15, 0.2) is 29.1 Å². The first-order valence-electron chi connectivity index (χ1n) is 7.84. The Bertz CT molecular complexity index is 660. The van der Waals surface area contributed by atoms with Gasteiger partial charge in [-0.2, -0.15) is 5.10 Å². The van der Waals surface area contributed by atoms with E-state index in [1.807, 2.05) is 6.92 Å². The van der Waals surface area contributed by atoms with E-state index in [4.69, 9.17) is 0 Å². The zero-order valence-electron chi connectivity index (χ0n) is 12.9. The summed E-state index contributed by atoms with van der Waals surface area (Å²) in [6.07, 6.45) is 6.73. The predicted molar refractivity (Wildman–Crippen MR) is 83.6 cm³/mol. The third-order valence-electron chi connectivity index (χ3n) is 4.65. The molecular formula is C17H23N3O. The number of rotatable bonds is 3. The van der Waals surface area contributed by atoms with Crippen molar-refractivity contribution in [1.29, 1.82) is 0 Å². The van der Waals surface area contributed by atoms with Gasteiger partial charge in [0.2, 0.25) is 0 Å². The molecule has 0 saturated heterocycles. The van der Waals surface area contributed by atoms with E-state index in [0.29, 0.717) is 6.54 Å². The van der Waals surface area contributed by atoms with Crippen LogP contribution in [0.3, 0.4) is 0 Å². The number of nitrogens with zero attached hydrogens (tertiary/aromatic N) is 3. The SMILES string of the molecule is Cc1nn(Cc2ccc(C3CCCCC3)cc2)c(=O)n1C. The van der Waals surface area contributed by atoms with Crippen LogP contribution in [0.5, 0.6) is 0 Å². The molecule has 1 heterocycles. The average molecular weight is 285 g/mol. The lowest BCUT2D eigenvalue weighted by molar-refractivity contribution is 0.443. The summed E-state index contributed by atoms with van der Waals surface area (Å²) in [7, 11) is 1.76. The highest BCUT2D eigenvalue weighted by atomic mass is 16.2. The minimum absolute atomic E-state index is 0.0520. The molecule has 112 valence electrons. The van der Waals surface area contributed by atoms with Crippen molar-refractivity contribution < 1.29 is 0 Å². The van der Waals surface area contributed by atoms with Crippen LogP contribution in [0.25, 0.3) is 0 Å². The maximum atomic E-state index is 12.0. The first-order valence-corrected chi connectivity index (χ1v) is 7.84. The molecule has 1 aliphatic rings. The molecule has 0 N–H and O–H groups in total. The fraction of sp³-hybridized carbons (Fsp3) is 0.529. The van der Waals surface area contributed by atoms with E-state index in [1.165, 1.54) is 42.3 Å². The maximum absolute atomic E-state index is 12.0. The Hall–Kier alpha value is -1.84. The van der Waals surface area contributed by atoms with E-state index in [-0.39, 0.29) is 5.69 Å². The molecule has 1 saturated carbocycles. The van der Waals surface area contributed by atoms with Gasteiger partial charge in [0.1, 0.15) is 5.82 Å². The first-order chi connectivity index (χ1) is 10.1. The van der Waals surface area contributed by atoms with Crippen molar-refractivity contribution in [3.05, 3.63) is 51.7 Å². The van der Waals surface area contributed by atoms with Gasteiger partial charge in [0.15, 0.2) is 0 Å². The van der Waals surface area contributed by atoms with Crippen molar-refractivity contribution in [3.63, 3.8) is 0 Å². The van der Waals surface area contributed by atoms with Crippen molar-refractivity contribution in [2.75, 3.05) is 0 Å². The summed E-state index contributed by atoms with van der Waals surface area (Å²) in [6, 6.07) is 8.74. The lowest BCUT2D eigenvalue weighted by Gasteiger charge is -2.22. The molecule has 1 aliphatic carbocycles. The Morgan fingerprint density at radius 2 is 1.81 bits per heavy atom. The molecule has 0 unspecified atom stereocenters. The molecular weight excluding hydrogens is 262 g/mol. The Morgan fingerprint density at radius 1 is 1.14 bits per heavy atom. The molecule has 3 rings (SSSR count). The fourth-order valence-corrected chi connectivity index (χ4v) is 3.20. The van der Waals surface area contributed by atoms with Gasteiger partial charge in [-0.15, -0.1) is 0 Å². The summed E-state index contributed by atoms with van der Waals surface area (Å²) in [5.41, 5.74) is 2.53. The molecule has 21 heavy (non-hydrogen) atoms. The van der Waals surface area contributed by atoms with Crippen LogP contribution in [-0.4, -0.2) is 14.3 Å². The highest BCUT2D eigenvalue weighted by Gasteiger charge is 2.15. The summed E-state index contributed by atoms with van der Waals surface area (Å²) in [4.78, 5) is 12.0. The van der Waals surface area contributed by atoms with E-state index in [9.17, 15) is 4.79 Å². The van der Waals surface area contributed by atoms with E-state index in [0.717, 1.165) is 17.3 Å². The highest BCUT2D eigenvalue weighted by molar-refractivity contribution is 5.25. The molecule has 1 aromatic heterocycles. The van der Waals surface area contributed by atoms with E-state index < -0.39 is 0 Å². The monoisotopic (exact) mass is 285 g/mol. The molecule has 0 radical (unpaired) electrons. The molecule has 4 heteroatoms. The standard InChI is InChI=1S/C17H23N3O/c1-13-18-20(17(21)19(13)2)12-14-8-10-16(11-9-14)15-6-4-3-5-7-15/h8-11,15H,3-7,12H2,1-2H3. The number of aryl methyl sites for hydroxylation is 1. The van der Waals surface area contributed by atoms with Crippen LogP contribution < -0.4 is 5.69 Å². The number of hydrogen-bond acceptors (Lipinski definition) is 2. The van der Waals surface area contributed by atoms with Crippen LogP contribution in [0.4, 0.5) is 0 Å². The number of benzene rings is 1. The van der Waals surface area contributed by atoms with Gasteiger partial charge < -0.3 is 0 Å². The van der Waals surface area contributed by atoms with Crippen molar-refractivity contribution in [2.45, 2.75) is 51.5 Å². The number of hydrogen-bond donors (Lipinski definition) is 0. The summed E-state index contributed by atoms with van der Waals surface area (Å²) in [6.45, 7) is 2.40. The van der Waals surface area contributed by atoms with E-state index in [1.54, 1.807) is 11.6 Å². The largest absolute Gasteiger partial charge is 0.345 e. The Labute approximate surface area is 125 Å². The second-order valence-electron chi connectivity index (χ2n) is 6.12. The van der Waals surface area contributed by atoms with Crippen molar-refractivity contribution in [1.82, 2.24) is 14.3 Å². The lowest BCUT2D eigenvalue weighted by Crippen LogP contribution is -2.23. The van der Waals surface area contributed by atoms with Crippen LogP contribution in [0, 0.1) is 6.92 Å². The average Bonchev–Trinajstić information content (AvgIpc) is 2.76. The fourth-order valence-electron chi connectivity index (χ4n) is 3.20. The highest BCUT2D eigenvalue weighted by Crippen LogP contribution is 2.32. The molecule has 4 nitrogen and oxygen atoms in total. The zero-order valence-corrected chi connectivity index (χ0v) is 12.9. The summed E-state index contributed by atoms with van der Waals surface area (Å²) in [5.74, 6) is 1.48. The molecule has 2 aromatic rings. The van der Waals surface area contributed by atoms with Gasteiger partial charge in [-0.05, 0) is 36.8 Å². The van der Waals surface area contributed by atoms with Gasteiger partial charge in [0.05, 0.1) is 6.54 Å². The molecule has 0 spiro atoms. The minimum atomic E-state index is -0.0520. The quantitative estimate of drug-likeness (QED) is 0.869. The smallest absolute Gasteiger partial charge is 0.282 e. The summed E-state index contributed by atoms with van der Waals surface area (Å²) < 4.78 is 3.11. The van der Waals surface area contributed by atoms with Crippen LogP contribution >= 0.6 is 0 Å². The second-order valence-corrected chi connectivity index (χ2v) is 6.12. The Morgan fingerprint density at radius 3 is 2.38 bits per heavy atom. The van der Waals surface area contributed by atoms with Gasteiger partial charge in [0, 0.05) is 7.05 Å². The van der Waals surface area contributed by atoms with Crippen LogP contribution in [0.2, 0.25) is 0 Å². The number of aromatic nitrogens is 3. The topological polar surface area (TPSA) is 39.8 Å². The molecule has 1 fully saturated rings. The van der Waals surface area contributed by atoms with Crippen molar-refractivity contribution in [3.8, 4) is 0 Å². The van der Waals surface area contributed by atoms with Crippen molar-refractivity contribution in [2.24, 2.45) is 7.05 Å². The third kappa shape index (κ3) is 2.94. The van der Waals surface area contributed by atoms with E-state index in [2.05, 4.69) is 29.4 Å². The van der Waals surface area contributed by atoms with E-state index >= 15 is 0 Å². The normalized spacial score (nSPS) is 16.3. The first kappa shape index (κ1) is 14.1. The third-order valence-corrected chi connectivity index (χ3v) is 4.65. The summed E-state index contributed by atoms with van der Waals surface area (Å²) in [5, 5.41) is 4.28. The lowest BCUT2D eigenvalue weighted by atomic mass is 9.84. The van der Waals surface area contributed by atoms with Crippen LogP contribution in [-0.2, 0) is 13.6 Å². The van der Waals surface area contributed by atoms with Crippen LogP contribution in [0.1, 0.15) is 55.0 Å². The summed E-state index contributed by atoms with van der Waals surface area (Å²) >= 11 is 0. The molecule has 0 amide bonds. The van der Waals surface area contributed by atoms with Crippen molar-refractivity contribution >= 4 is 0 Å². The predicted octanol–water partition coefficient (Wildman–Crippen LogP) is 2.99.